The van der Waals surface area contributed by atoms with Crippen molar-refractivity contribution in [3.05, 3.63) is 53.9 Å². The van der Waals surface area contributed by atoms with Crippen LogP contribution in [0.4, 0.5) is 0 Å². The lowest BCUT2D eigenvalue weighted by Gasteiger charge is -2.03. The van der Waals surface area contributed by atoms with Crippen molar-refractivity contribution in [1.82, 2.24) is 15.1 Å². The van der Waals surface area contributed by atoms with Gasteiger partial charge < -0.3 is 5.32 Å². The summed E-state index contributed by atoms with van der Waals surface area (Å²) in [6, 6.07) is 10.5. The van der Waals surface area contributed by atoms with Crippen LogP contribution in [0.25, 0.3) is 0 Å². The van der Waals surface area contributed by atoms with Crippen molar-refractivity contribution in [2.45, 2.75) is 26.4 Å². The van der Waals surface area contributed by atoms with E-state index in [1.807, 2.05) is 10.9 Å². The molecule has 4 heteroatoms. The number of aromatic nitrogens is 2. The predicted molar refractivity (Wildman–Crippen MR) is 77.0 cm³/mol. The van der Waals surface area contributed by atoms with Gasteiger partial charge in [-0.25, -0.2) is 0 Å². The molecule has 1 N–H and O–H groups in total. The van der Waals surface area contributed by atoms with E-state index in [1.165, 1.54) is 11.1 Å². The molecule has 0 radical (unpaired) electrons. The third-order valence-electron chi connectivity index (χ3n) is 2.77. The van der Waals surface area contributed by atoms with E-state index in [9.17, 15) is 0 Å². The highest BCUT2D eigenvalue weighted by Crippen LogP contribution is 2.00. The van der Waals surface area contributed by atoms with E-state index in [-0.39, 0.29) is 12.4 Å². The molecule has 1 heterocycles. The Balaban J connectivity index is 0.00000162. The Kier molecular flexibility index (Phi) is 6.47. The van der Waals surface area contributed by atoms with Crippen molar-refractivity contribution < 1.29 is 0 Å². The van der Waals surface area contributed by atoms with Gasteiger partial charge in [0, 0.05) is 24.8 Å². The molecule has 0 aliphatic carbocycles. The highest BCUT2D eigenvalue weighted by molar-refractivity contribution is 5.85. The average molecular weight is 266 g/mol. The van der Waals surface area contributed by atoms with Gasteiger partial charge in [-0.1, -0.05) is 30.3 Å². The van der Waals surface area contributed by atoms with Crippen LogP contribution in [-0.4, -0.2) is 16.3 Å². The molecule has 0 spiro atoms. The summed E-state index contributed by atoms with van der Waals surface area (Å²) in [6.07, 6.45) is 5.09. The lowest BCUT2D eigenvalue weighted by molar-refractivity contribution is 0.655. The van der Waals surface area contributed by atoms with Gasteiger partial charge in [-0.15, -0.1) is 12.4 Å². The van der Waals surface area contributed by atoms with Crippen LogP contribution < -0.4 is 5.32 Å². The quantitative estimate of drug-likeness (QED) is 0.814. The molecule has 98 valence electrons. The number of nitrogens with one attached hydrogen (secondary N) is 1. The van der Waals surface area contributed by atoms with Crippen molar-refractivity contribution >= 4 is 12.4 Å². The molecular formula is C14H20ClN3. The van der Waals surface area contributed by atoms with Gasteiger partial charge in [0.1, 0.15) is 0 Å². The Hall–Kier alpha value is -1.32. The summed E-state index contributed by atoms with van der Waals surface area (Å²) < 4.78 is 1.95. The minimum atomic E-state index is 0. The van der Waals surface area contributed by atoms with E-state index >= 15 is 0 Å². The second kappa shape index (κ2) is 7.90. The van der Waals surface area contributed by atoms with E-state index in [0.29, 0.717) is 0 Å². The van der Waals surface area contributed by atoms with Crippen LogP contribution in [0.5, 0.6) is 0 Å². The fraction of sp³-hybridized carbons (Fsp3) is 0.357. The number of aryl methyl sites for hydroxylation is 1. The lowest BCUT2D eigenvalue weighted by Crippen LogP contribution is -2.16. The standard InChI is InChI=1S/C14H19N3.ClH/c1-2-17-12-14(11-16-17)10-15-9-8-13-6-4-3-5-7-13;/h3-7,11-12,15H,2,8-10H2,1H3;1H. The summed E-state index contributed by atoms with van der Waals surface area (Å²) in [5, 5.41) is 7.68. The Morgan fingerprint density at radius 3 is 2.61 bits per heavy atom. The molecule has 0 fully saturated rings. The van der Waals surface area contributed by atoms with Crippen LogP contribution in [0.2, 0.25) is 0 Å². The van der Waals surface area contributed by atoms with Crippen LogP contribution in [0.1, 0.15) is 18.1 Å². The van der Waals surface area contributed by atoms with E-state index in [4.69, 9.17) is 0 Å². The molecule has 0 atom stereocenters. The average Bonchev–Trinajstić information content (AvgIpc) is 2.84. The summed E-state index contributed by atoms with van der Waals surface area (Å²) in [5.41, 5.74) is 2.63. The van der Waals surface area contributed by atoms with Gasteiger partial charge in [0.15, 0.2) is 0 Å². The zero-order chi connectivity index (χ0) is 11.9. The predicted octanol–water partition coefficient (Wildman–Crippen LogP) is 2.66. The van der Waals surface area contributed by atoms with Gasteiger partial charge in [-0.3, -0.25) is 4.68 Å². The van der Waals surface area contributed by atoms with Crippen LogP contribution in [-0.2, 0) is 19.5 Å². The Morgan fingerprint density at radius 2 is 1.94 bits per heavy atom. The molecule has 0 bridgehead atoms. The largest absolute Gasteiger partial charge is 0.312 e. The fourth-order valence-electron chi connectivity index (χ4n) is 1.78. The van der Waals surface area contributed by atoms with Crippen molar-refractivity contribution in [3.8, 4) is 0 Å². The summed E-state index contributed by atoms with van der Waals surface area (Å²) >= 11 is 0. The van der Waals surface area contributed by atoms with Crippen LogP contribution in [0, 0.1) is 0 Å². The summed E-state index contributed by atoms with van der Waals surface area (Å²) in [4.78, 5) is 0. The van der Waals surface area contributed by atoms with E-state index in [1.54, 1.807) is 0 Å². The summed E-state index contributed by atoms with van der Waals surface area (Å²) in [7, 11) is 0. The van der Waals surface area contributed by atoms with Crippen LogP contribution in [0.15, 0.2) is 42.7 Å². The first-order chi connectivity index (χ1) is 8.38. The Labute approximate surface area is 115 Å². The number of nitrogens with zero attached hydrogens (tertiary/aromatic N) is 2. The maximum absolute atomic E-state index is 4.25. The van der Waals surface area contributed by atoms with Crippen LogP contribution in [0.3, 0.4) is 0 Å². The monoisotopic (exact) mass is 265 g/mol. The number of halogens is 1. The molecule has 0 saturated heterocycles. The summed E-state index contributed by atoms with van der Waals surface area (Å²) in [6.45, 7) is 4.93. The van der Waals surface area contributed by atoms with Crippen molar-refractivity contribution in [1.29, 1.82) is 0 Å². The third kappa shape index (κ3) is 4.51. The number of benzene rings is 1. The van der Waals surface area contributed by atoms with Gasteiger partial charge in [-0.2, -0.15) is 5.10 Å². The van der Waals surface area contributed by atoms with Gasteiger partial charge >= 0.3 is 0 Å². The molecule has 2 aromatic rings. The third-order valence-corrected chi connectivity index (χ3v) is 2.77. The first kappa shape index (κ1) is 14.7. The van der Waals surface area contributed by atoms with Gasteiger partial charge in [0.2, 0.25) is 0 Å². The molecule has 0 aliphatic rings. The van der Waals surface area contributed by atoms with Crippen molar-refractivity contribution in [2.24, 2.45) is 0 Å². The molecule has 0 aliphatic heterocycles. The zero-order valence-electron chi connectivity index (χ0n) is 10.7. The molecule has 18 heavy (non-hydrogen) atoms. The lowest BCUT2D eigenvalue weighted by atomic mass is 10.1. The van der Waals surface area contributed by atoms with E-state index in [2.05, 4.69) is 53.9 Å². The number of rotatable bonds is 6. The van der Waals surface area contributed by atoms with Crippen molar-refractivity contribution in [3.63, 3.8) is 0 Å². The first-order valence-electron chi connectivity index (χ1n) is 6.14. The van der Waals surface area contributed by atoms with Gasteiger partial charge in [-0.05, 0) is 25.5 Å². The molecular weight excluding hydrogens is 246 g/mol. The molecule has 1 aromatic heterocycles. The molecule has 0 unspecified atom stereocenters. The SMILES string of the molecule is CCn1cc(CNCCc2ccccc2)cn1.Cl. The molecule has 3 nitrogen and oxygen atoms in total. The first-order valence-corrected chi connectivity index (χ1v) is 6.14. The normalized spacial score (nSPS) is 10.1. The van der Waals surface area contributed by atoms with Gasteiger partial charge in [0.25, 0.3) is 0 Å². The molecule has 0 amide bonds. The van der Waals surface area contributed by atoms with Gasteiger partial charge in [0.05, 0.1) is 6.20 Å². The minimum Gasteiger partial charge on any atom is -0.312 e. The molecule has 1 aromatic carbocycles. The second-order valence-electron chi connectivity index (χ2n) is 4.12. The summed E-state index contributed by atoms with van der Waals surface area (Å²) in [5.74, 6) is 0. The fourth-order valence-corrected chi connectivity index (χ4v) is 1.78. The molecule has 2 rings (SSSR count). The Morgan fingerprint density at radius 1 is 1.17 bits per heavy atom. The Bertz CT molecular complexity index is 439. The number of hydrogen-bond acceptors (Lipinski definition) is 2. The zero-order valence-corrected chi connectivity index (χ0v) is 11.5. The van der Waals surface area contributed by atoms with Crippen molar-refractivity contribution in [2.75, 3.05) is 6.54 Å². The van der Waals surface area contributed by atoms with E-state index < -0.39 is 0 Å². The van der Waals surface area contributed by atoms with E-state index in [0.717, 1.165) is 26.1 Å². The molecule has 0 saturated carbocycles. The highest BCUT2D eigenvalue weighted by Gasteiger charge is 1.96. The number of hydrogen-bond donors (Lipinski definition) is 1. The second-order valence-corrected chi connectivity index (χ2v) is 4.12. The van der Waals surface area contributed by atoms with Crippen LogP contribution >= 0.6 is 12.4 Å². The highest BCUT2D eigenvalue weighted by atomic mass is 35.5. The topological polar surface area (TPSA) is 29.9 Å². The minimum absolute atomic E-state index is 0. The smallest absolute Gasteiger partial charge is 0.0534 e. The maximum atomic E-state index is 4.25. The maximum Gasteiger partial charge on any atom is 0.0534 e.